The Balaban J connectivity index is 2.54. The van der Waals surface area contributed by atoms with E-state index in [2.05, 4.69) is 10.2 Å². The van der Waals surface area contributed by atoms with Gasteiger partial charge in [0.15, 0.2) is 0 Å². The van der Waals surface area contributed by atoms with Crippen molar-refractivity contribution >= 4 is 5.97 Å². The highest BCUT2D eigenvalue weighted by atomic mass is 19.4. The van der Waals surface area contributed by atoms with Crippen molar-refractivity contribution in [3.8, 4) is 11.3 Å². The summed E-state index contributed by atoms with van der Waals surface area (Å²) in [6, 6.07) is 3.67. The zero-order chi connectivity index (χ0) is 14.2. The smallest absolute Gasteiger partial charge is 0.419 e. The van der Waals surface area contributed by atoms with Crippen LogP contribution < -0.4 is 0 Å². The molecule has 2 N–H and O–H groups in total. The number of halogens is 4. The summed E-state index contributed by atoms with van der Waals surface area (Å²) >= 11 is 0. The average Bonchev–Trinajstić information content (AvgIpc) is 2.77. The molecular weight excluding hydrogens is 268 g/mol. The number of H-pyrrole nitrogens is 1. The first-order valence-electron chi connectivity index (χ1n) is 4.95. The Bertz CT molecular complexity index is 634. The van der Waals surface area contributed by atoms with E-state index in [1.807, 2.05) is 0 Å². The zero-order valence-electron chi connectivity index (χ0n) is 9.12. The van der Waals surface area contributed by atoms with Gasteiger partial charge in [0.2, 0.25) is 0 Å². The van der Waals surface area contributed by atoms with Gasteiger partial charge in [0.05, 0.1) is 11.3 Å². The molecule has 0 amide bonds. The third-order valence-electron chi connectivity index (χ3n) is 2.39. The van der Waals surface area contributed by atoms with E-state index >= 15 is 0 Å². The van der Waals surface area contributed by atoms with Gasteiger partial charge in [-0.2, -0.15) is 18.3 Å². The number of carboxylic acid groups (broad SMARTS) is 1. The molecule has 2 aromatic rings. The average molecular weight is 274 g/mol. The molecule has 0 aliphatic heterocycles. The fourth-order valence-electron chi connectivity index (χ4n) is 1.52. The van der Waals surface area contributed by atoms with Crippen LogP contribution >= 0.6 is 0 Å². The van der Waals surface area contributed by atoms with Gasteiger partial charge in [-0.3, -0.25) is 5.10 Å². The SMILES string of the molecule is O=C(O)c1cc(-c2cccc(C(F)(F)F)c2F)n[nH]1. The number of aromatic nitrogens is 2. The number of hydrogen-bond donors (Lipinski definition) is 2. The molecule has 100 valence electrons. The summed E-state index contributed by atoms with van der Waals surface area (Å²) < 4.78 is 51.3. The molecule has 1 aromatic carbocycles. The van der Waals surface area contributed by atoms with Gasteiger partial charge < -0.3 is 5.11 Å². The molecule has 1 heterocycles. The number of rotatable bonds is 2. The Morgan fingerprint density at radius 1 is 1.32 bits per heavy atom. The van der Waals surface area contributed by atoms with Crippen LogP contribution in [0.4, 0.5) is 17.6 Å². The Kier molecular flexibility index (Phi) is 3.01. The second-order valence-electron chi connectivity index (χ2n) is 3.64. The minimum Gasteiger partial charge on any atom is -0.477 e. The van der Waals surface area contributed by atoms with Crippen molar-refractivity contribution in [2.75, 3.05) is 0 Å². The fourth-order valence-corrected chi connectivity index (χ4v) is 1.52. The number of aromatic amines is 1. The molecule has 0 radical (unpaired) electrons. The highest BCUT2D eigenvalue weighted by Crippen LogP contribution is 2.35. The number of aromatic carboxylic acids is 1. The first-order valence-corrected chi connectivity index (χ1v) is 4.95. The molecule has 0 fully saturated rings. The number of carbonyl (C=O) groups is 1. The van der Waals surface area contributed by atoms with E-state index in [0.29, 0.717) is 6.07 Å². The number of nitrogens with one attached hydrogen (secondary N) is 1. The van der Waals surface area contributed by atoms with Crippen LogP contribution in [0.2, 0.25) is 0 Å². The molecule has 0 spiro atoms. The quantitative estimate of drug-likeness (QED) is 0.827. The molecule has 1 aromatic heterocycles. The maximum absolute atomic E-state index is 13.7. The van der Waals surface area contributed by atoms with Gasteiger partial charge in [-0.05, 0) is 18.2 Å². The number of nitrogens with zero attached hydrogens (tertiary/aromatic N) is 1. The molecule has 0 aliphatic rings. The van der Waals surface area contributed by atoms with Crippen molar-refractivity contribution in [2.24, 2.45) is 0 Å². The molecule has 0 bridgehead atoms. The second kappa shape index (κ2) is 4.38. The van der Waals surface area contributed by atoms with Crippen molar-refractivity contribution in [2.45, 2.75) is 6.18 Å². The van der Waals surface area contributed by atoms with E-state index in [0.717, 1.165) is 18.2 Å². The van der Waals surface area contributed by atoms with Gasteiger partial charge in [-0.15, -0.1) is 0 Å². The number of alkyl halides is 3. The summed E-state index contributed by atoms with van der Waals surface area (Å²) in [5, 5.41) is 14.2. The molecule has 4 nitrogen and oxygen atoms in total. The van der Waals surface area contributed by atoms with E-state index < -0.39 is 29.1 Å². The number of carboxylic acids is 1. The zero-order valence-corrected chi connectivity index (χ0v) is 9.12. The van der Waals surface area contributed by atoms with Crippen molar-refractivity contribution in [1.29, 1.82) is 0 Å². The van der Waals surface area contributed by atoms with Gasteiger partial charge in [0.25, 0.3) is 0 Å². The van der Waals surface area contributed by atoms with Crippen molar-refractivity contribution in [3.63, 3.8) is 0 Å². The first-order chi connectivity index (χ1) is 8.80. The van der Waals surface area contributed by atoms with Crippen LogP contribution in [-0.4, -0.2) is 21.3 Å². The molecule has 0 unspecified atom stereocenters. The van der Waals surface area contributed by atoms with E-state index in [1.54, 1.807) is 0 Å². The molecule has 19 heavy (non-hydrogen) atoms. The second-order valence-corrected chi connectivity index (χ2v) is 3.64. The molecular formula is C11H6F4N2O2. The Hall–Kier alpha value is -2.38. The third-order valence-corrected chi connectivity index (χ3v) is 2.39. The van der Waals surface area contributed by atoms with Gasteiger partial charge >= 0.3 is 12.1 Å². The lowest BCUT2D eigenvalue weighted by atomic mass is 10.1. The van der Waals surface area contributed by atoms with Gasteiger partial charge in [0, 0.05) is 5.56 Å². The monoisotopic (exact) mass is 274 g/mol. The van der Waals surface area contributed by atoms with Crippen LogP contribution in [0.25, 0.3) is 11.3 Å². The minimum absolute atomic E-state index is 0.207. The summed E-state index contributed by atoms with van der Waals surface area (Å²) in [5.74, 6) is -2.83. The van der Waals surface area contributed by atoms with Crippen LogP contribution in [0.3, 0.4) is 0 Å². The molecule has 0 saturated heterocycles. The lowest BCUT2D eigenvalue weighted by Crippen LogP contribution is -2.08. The van der Waals surface area contributed by atoms with E-state index in [9.17, 15) is 22.4 Å². The van der Waals surface area contributed by atoms with Crippen LogP contribution in [-0.2, 0) is 6.18 Å². The van der Waals surface area contributed by atoms with Crippen molar-refractivity contribution < 1.29 is 27.5 Å². The Labute approximate surface area is 103 Å². The van der Waals surface area contributed by atoms with E-state index in [4.69, 9.17) is 5.11 Å². The summed E-state index contributed by atoms with van der Waals surface area (Å²) in [6.45, 7) is 0. The highest BCUT2D eigenvalue weighted by molar-refractivity contribution is 5.86. The number of benzene rings is 1. The topological polar surface area (TPSA) is 66.0 Å². The first kappa shape index (κ1) is 13.1. The van der Waals surface area contributed by atoms with Crippen LogP contribution in [0.5, 0.6) is 0 Å². The van der Waals surface area contributed by atoms with Gasteiger partial charge in [0.1, 0.15) is 11.5 Å². The van der Waals surface area contributed by atoms with Gasteiger partial charge in [-0.1, -0.05) is 6.07 Å². The van der Waals surface area contributed by atoms with E-state index in [1.165, 1.54) is 0 Å². The lowest BCUT2D eigenvalue weighted by molar-refractivity contribution is -0.139. The predicted molar refractivity (Wildman–Crippen MR) is 55.9 cm³/mol. The maximum Gasteiger partial charge on any atom is 0.419 e. The van der Waals surface area contributed by atoms with Crippen molar-refractivity contribution in [1.82, 2.24) is 10.2 Å². The maximum atomic E-state index is 13.7. The van der Waals surface area contributed by atoms with Crippen LogP contribution in [0.15, 0.2) is 24.3 Å². The number of hydrogen-bond acceptors (Lipinski definition) is 2. The Morgan fingerprint density at radius 2 is 2.00 bits per heavy atom. The molecule has 2 rings (SSSR count). The van der Waals surface area contributed by atoms with Gasteiger partial charge in [-0.25, -0.2) is 9.18 Å². The summed E-state index contributed by atoms with van der Waals surface area (Å²) in [5.41, 5.74) is -2.39. The van der Waals surface area contributed by atoms with Crippen molar-refractivity contribution in [3.05, 3.63) is 41.3 Å². The summed E-state index contributed by atoms with van der Waals surface area (Å²) in [6.07, 6.45) is -4.83. The molecule has 8 heteroatoms. The molecule has 0 saturated carbocycles. The standard InChI is InChI=1S/C11H6F4N2O2/c12-9-5(2-1-3-6(9)11(13,14)15)7-4-8(10(18)19)17-16-7/h1-4H,(H,16,17)(H,18,19). The fraction of sp³-hybridized carbons (Fsp3) is 0.0909. The van der Waals surface area contributed by atoms with Crippen LogP contribution in [0.1, 0.15) is 16.1 Å². The molecule has 0 atom stereocenters. The Morgan fingerprint density at radius 3 is 2.53 bits per heavy atom. The normalized spacial score (nSPS) is 11.6. The summed E-state index contributed by atoms with van der Waals surface area (Å²) in [4.78, 5) is 10.6. The highest BCUT2D eigenvalue weighted by Gasteiger charge is 2.35. The third kappa shape index (κ3) is 2.42. The minimum atomic E-state index is -4.83. The summed E-state index contributed by atoms with van der Waals surface area (Å²) in [7, 11) is 0. The largest absolute Gasteiger partial charge is 0.477 e. The van der Waals surface area contributed by atoms with E-state index in [-0.39, 0.29) is 11.4 Å². The van der Waals surface area contributed by atoms with Crippen LogP contribution in [0, 0.1) is 5.82 Å². The predicted octanol–water partition coefficient (Wildman–Crippen LogP) is 2.93. The lowest BCUT2D eigenvalue weighted by Gasteiger charge is -2.09. The molecule has 0 aliphatic carbocycles.